The molecular weight excluding hydrogens is 186 g/mol. The monoisotopic (exact) mass is 213 g/mol. The largest absolute Gasteiger partial charge is 0.330 e. The molecular formula is C12H27N3. The van der Waals surface area contributed by atoms with Crippen molar-refractivity contribution in [3.05, 3.63) is 0 Å². The maximum atomic E-state index is 5.53. The summed E-state index contributed by atoms with van der Waals surface area (Å²) in [6, 6.07) is 0. The van der Waals surface area contributed by atoms with Gasteiger partial charge < -0.3 is 15.5 Å². The molecule has 0 radical (unpaired) electrons. The standard InChI is InChI=1S/C12H27N3/c1-3-14-7-9-15(10-8-14)11-12(2)5-4-6-13/h12H,3-11,13H2,1-2H3. The maximum Gasteiger partial charge on any atom is 0.0110 e. The Hall–Kier alpha value is -0.120. The normalized spacial score (nSPS) is 21.8. The van der Waals surface area contributed by atoms with Crippen LogP contribution in [0.5, 0.6) is 0 Å². The molecule has 1 aliphatic heterocycles. The number of hydrogen-bond acceptors (Lipinski definition) is 3. The summed E-state index contributed by atoms with van der Waals surface area (Å²) >= 11 is 0. The Bertz CT molecular complexity index is 153. The van der Waals surface area contributed by atoms with Gasteiger partial charge in [-0.25, -0.2) is 0 Å². The van der Waals surface area contributed by atoms with Gasteiger partial charge in [-0.3, -0.25) is 0 Å². The van der Waals surface area contributed by atoms with Crippen molar-refractivity contribution in [1.82, 2.24) is 9.80 Å². The van der Waals surface area contributed by atoms with E-state index < -0.39 is 0 Å². The van der Waals surface area contributed by atoms with Crippen LogP contribution in [0.1, 0.15) is 26.7 Å². The summed E-state index contributed by atoms with van der Waals surface area (Å²) in [7, 11) is 0. The van der Waals surface area contributed by atoms with Gasteiger partial charge in [0.1, 0.15) is 0 Å². The Balaban J connectivity index is 2.12. The molecule has 1 aliphatic rings. The SMILES string of the molecule is CCN1CCN(CC(C)CCCN)CC1. The van der Waals surface area contributed by atoms with E-state index in [4.69, 9.17) is 5.73 Å². The van der Waals surface area contributed by atoms with Crippen LogP contribution in [-0.4, -0.2) is 55.6 Å². The van der Waals surface area contributed by atoms with Crippen LogP contribution in [0.2, 0.25) is 0 Å². The fraction of sp³-hybridized carbons (Fsp3) is 1.00. The van der Waals surface area contributed by atoms with Gasteiger partial charge in [-0.1, -0.05) is 13.8 Å². The molecule has 1 fully saturated rings. The lowest BCUT2D eigenvalue weighted by Gasteiger charge is -2.35. The number of rotatable bonds is 6. The van der Waals surface area contributed by atoms with E-state index in [2.05, 4.69) is 23.6 Å². The highest BCUT2D eigenvalue weighted by atomic mass is 15.3. The summed E-state index contributed by atoms with van der Waals surface area (Å²) in [5.41, 5.74) is 5.53. The van der Waals surface area contributed by atoms with Gasteiger partial charge in [0.2, 0.25) is 0 Å². The lowest BCUT2D eigenvalue weighted by molar-refractivity contribution is 0.122. The van der Waals surface area contributed by atoms with Crippen LogP contribution < -0.4 is 5.73 Å². The summed E-state index contributed by atoms with van der Waals surface area (Å²) in [5, 5.41) is 0. The lowest BCUT2D eigenvalue weighted by atomic mass is 10.0. The second kappa shape index (κ2) is 7.20. The summed E-state index contributed by atoms with van der Waals surface area (Å²) < 4.78 is 0. The Morgan fingerprint density at radius 2 is 1.73 bits per heavy atom. The van der Waals surface area contributed by atoms with Crippen LogP contribution in [0.3, 0.4) is 0 Å². The van der Waals surface area contributed by atoms with Crippen molar-refractivity contribution in [3.63, 3.8) is 0 Å². The molecule has 3 heteroatoms. The highest BCUT2D eigenvalue weighted by molar-refractivity contribution is 4.72. The number of nitrogens with zero attached hydrogens (tertiary/aromatic N) is 2. The Kier molecular flexibility index (Phi) is 6.22. The third-order valence-corrected chi connectivity index (χ3v) is 3.38. The molecule has 0 aromatic rings. The van der Waals surface area contributed by atoms with Crippen molar-refractivity contribution in [3.8, 4) is 0 Å². The molecule has 0 amide bonds. The zero-order valence-corrected chi connectivity index (χ0v) is 10.4. The minimum absolute atomic E-state index is 0.807. The molecule has 1 atom stereocenters. The molecule has 1 saturated heterocycles. The first kappa shape index (κ1) is 12.9. The summed E-state index contributed by atoms with van der Waals surface area (Å²) in [6.45, 7) is 12.9. The van der Waals surface area contributed by atoms with E-state index in [1.165, 1.54) is 52.1 Å². The second-order valence-corrected chi connectivity index (χ2v) is 4.77. The van der Waals surface area contributed by atoms with Gasteiger partial charge in [0, 0.05) is 32.7 Å². The molecule has 0 saturated carbocycles. The van der Waals surface area contributed by atoms with Crippen molar-refractivity contribution < 1.29 is 0 Å². The molecule has 0 aliphatic carbocycles. The van der Waals surface area contributed by atoms with Crippen molar-refractivity contribution in [1.29, 1.82) is 0 Å². The maximum absolute atomic E-state index is 5.53. The molecule has 15 heavy (non-hydrogen) atoms. The van der Waals surface area contributed by atoms with Crippen LogP contribution in [-0.2, 0) is 0 Å². The van der Waals surface area contributed by atoms with Gasteiger partial charge in [0.05, 0.1) is 0 Å². The smallest absolute Gasteiger partial charge is 0.0110 e. The topological polar surface area (TPSA) is 32.5 Å². The van der Waals surface area contributed by atoms with E-state index in [0.29, 0.717) is 0 Å². The first-order valence-corrected chi connectivity index (χ1v) is 6.41. The molecule has 0 aromatic carbocycles. The van der Waals surface area contributed by atoms with Gasteiger partial charge in [-0.05, 0) is 31.8 Å². The molecule has 0 aromatic heterocycles. The van der Waals surface area contributed by atoms with E-state index in [1.54, 1.807) is 0 Å². The van der Waals surface area contributed by atoms with Gasteiger partial charge in [0.15, 0.2) is 0 Å². The Morgan fingerprint density at radius 1 is 1.13 bits per heavy atom. The summed E-state index contributed by atoms with van der Waals surface area (Å²) in [4.78, 5) is 5.13. The van der Waals surface area contributed by atoms with Gasteiger partial charge in [-0.15, -0.1) is 0 Å². The molecule has 1 rings (SSSR count). The zero-order valence-electron chi connectivity index (χ0n) is 10.4. The van der Waals surface area contributed by atoms with Crippen molar-refractivity contribution in [2.75, 3.05) is 45.8 Å². The van der Waals surface area contributed by atoms with E-state index in [9.17, 15) is 0 Å². The lowest BCUT2D eigenvalue weighted by Crippen LogP contribution is -2.47. The van der Waals surface area contributed by atoms with E-state index >= 15 is 0 Å². The molecule has 1 heterocycles. The summed E-state index contributed by atoms with van der Waals surface area (Å²) in [6.07, 6.45) is 2.46. The Labute approximate surface area is 94.6 Å². The van der Waals surface area contributed by atoms with Gasteiger partial charge in [-0.2, -0.15) is 0 Å². The fourth-order valence-corrected chi connectivity index (χ4v) is 2.29. The third-order valence-electron chi connectivity index (χ3n) is 3.38. The highest BCUT2D eigenvalue weighted by Crippen LogP contribution is 2.09. The quantitative estimate of drug-likeness (QED) is 0.714. The average molecular weight is 213 g/mol. The average Bonchev–Trinajstić information content (AvgIpc) is 2.27. The molecule has 3 nitrogen and oxygen atoms in total. The second-order valence-electron chi connectivity index (χ2n) is 4.77. The van der Waals surface area contributed by atoms with Crippen LogP contribution >= 0.6 is 0 Å². The molecule has 90 valence electrons. The third kappa shape index (κ3) is 4.96. The number of hydrogen-bond donors (Lipinski definition) is 1. The molecule has 0 spiro atoms. The predicted molar refractivity (Wildman–Crippen MR) is 66.0 cm³/mol. The molecule has 1 unspecified atom stereocenters. The van der Waals surface area contributed by atoms with E-state index in [1.807, 2.05) is 0 Å². The summed E-state index contributed by atoms with van der Waals surface area (Å²) in [5.74, 6) is 0.807. The van der Waals surface area contributed by atoms with Gasteiger partial charge >= 0.3 is 0 Å². The number of nitrogens with two attached hydrogens (primary N) is 1. The van der Waals surface area contributed by atoms with Crippen molar-refractivity contribution in [2.24, 2.45) is 11.7 Å². The van der Waals surface area contributed by atoms with Crippen LogP contribution in [0.4, 0.5) is 0 Å². The van der Waals surface area contributed by atoms with E-state index in [-0.39, 0.29) is 0 Å². The zero-order chi connectivity index (χ0) is 11.1. The minimum Gasteiger partial charge on any atom is -0.330 e. The van der Waals surface area contributed by atoms with Crippen LogP contribution in [0.25, 0.3) is 0 Å². The van der Waals surface area contributed by atoms with E-state index in [0.717, 1.165) is 12.5 Å². The van der Waals surface area contributed by atoms with Crippen LogP contribution in [0, 0.1) is 5.92 Å². The predicted octanol–water partition coefficient (Wildman–Crippen LogP) is 0.999. The number of likely N-dealkylation sites (N-methyl/N-ethyl adjacent to an activating group) is 1. The first-order chi connectivity index (χ1) is 7.26. The Morgan fingerprint density at radius 3 is 2.27 bits per heavy atom. The van der Waals surface area contributed by atoms with Crippen molar-refractivity contribution >= 4 is 0 Å². The van der Waals surface area contributed by atoms with Crippen molar-refractivity contribution in [2.45, 2.75) is 26.7 Å². The molecule has 0 bridgehead atoms. The number of piperazine rings is 1. The highest BCUT2D eigenvalue weighted by Gasteiger charge is 2.16. The van der Waals surface area contributed by atoms with Gasteiger partial charge in [0.25, 0.3) is 0 Å². The minimum atomic E-state index is 0.807. The van der Waals surface area contributed by atoms with Crippen LogP contribution in [0.15, 0.2) is 0 Å². The first-order valence-electron chi connectivity index (χ1n) is 6.41. The molecule has 2 N–H and O–H groups in total. The fourth-order valence-electron chi connectivity index (χ4n) is 2.29.